The van der Waals surface area contributed by atoms with Gasteiger partial charge in [-0.2, -0.15) is 5.10 Å². The molecule has 0 fully saturated rings. The van der Waals surface area contributed by atoms with Crippen molar-refractivity contribution in [1.29, 1.82) is 0 Å². The number of unbranched alkanes of at least 4 members (excludes halogenated alkanes) is 1. The third-order valence-electron chi connectivity index (χ3n) is 4.28. The van der Waals surface area contributed by atoms with E-state index < -0.39 is 0 Å². The van der Waals surface area contributed by atoms with Crippen LogP contribution in [0.25, 0.3) is 0 Å². The molecule has 2 heterocycles. The molecule has 2 aliphatic rings. The van der Waals surface area contributed by atoms with E-state index in [9.17, 15) is 9.59 Å². The highest BCUT2D eigenvalue weighted by molar-refractivity contribution is 7.99. The molecule has 1 aromatic carbocycles. The van der Waals surface area contributed by atoms with E-state index in [0.29, 0.717) is 19.6 Å². The zero-order chi connectivity index (χ0) is 16.9. The number of fused-ring (bicyclic) bond motifs is 3. The maximum absolute atomic E-state index is 12.4. The van der Waals surface area contributed by atoms with Crippen molar-refractivity contribution in [2.45, 2.75) is 37.5 Å². The predicted octanol–water partition coefficient (Wildman–Crippen LogP) is 3.08. The number of ether oxygens (including phenoxy) is 1. The van der Waals surface area contributed by atoms with E-state index in [1.54, 1.807) is 5.01 Å². The number of hydrazone groups is 1. The molecular formula is C18H22N2O3S. The van der Waals surface area contributed by atoms with Crippen LogP contribution in [0.3, 0.4) is 0 Å². The number of nitrogens with zero attached hydrogens (tertiary/aromatic N) is 2. The van der Waals surface area contributed by atoms with Gasteiger partial charge in [0.05, 0.1) is 12.3 Å². The van der Waals surface area contributed by atoms with Crippen LogP contribution in [-0.2, 0) is 14.3 Å². The first-order valence-electron chi connectivity index (χ1n) is 8.39. The molecule has 6 heteroatoms. The minimum Gasteiger partial charge on any atom is -0.466 e. The van der Waals surface area contributed by atoms with Crippen LogP contribution in [0.2, 0.25) is 0 Å². The number of amides is 1. The minimum absolute atomic E-state index is 0.0978. The van der Waals surface area contributed by atoms with Gasteiger partial charge in [0.2, 0.25) is 5.91 Å². The van der Waals surface area contributed by atoms with E-state index in [4.69, 9.17) is 9.84 Å². The molecule has 0 aromatic heterocycles. The smallest absolute Gasteiger partial charge is 0.302 e. The van der Waals surface area contributed by atoms with Crippen LogP contribution in [0.4, 0.5) is 0 Å². The van der Waals surface area contributed by atoms with Crippen LogP contribution in [0.15, 0.2) is 34.3 Å². The van der Waals surface area contributed by atoms with E-state index in [-0.39, 0.29) is 17.8 Å². The Bertz CT molecular complexity index is 659. The van der Waals surface area contributed by atoms with E-state index >= 15 is 0 Å². The van der Waals surface area contributed by atoms with Gasteiger partial charge < -0.3 is 4.74 Å². The Morgan fingerprint density at radius 3 is 3.04 bits per heavy atom. The van der Waals surface area contributed by atoms with Crippen molar-refractivity contribution in [2.75, 3.05) is 18.9 Å². The molecule has 24 heavy (non-hydrogen) atoms. The molecule has 0 radical (unpaired) electrons. The highest BCUT2D eigenvalue weighted by atomic mass is 32.2. The average Bonchev–Trinajstić information content (AvgIpc) is 2.73. The van der Waals surface area contributed by atoms with Gasteiger partial charge in [-0.3, -0.25) is 9.59 Å². The van der Waals surface area contributed by atoms with Gasteiger partial charge in [0.15, 0.2) is 0 Å². The van der Waals surface area contributed by atoms with E-state index in [1.807, 2.05) is 23.9 Å². The molecule has 0 N–H and O–H groups in total. The molecule has 2 aliphatic heterocycles. The Morgan fingerprint density at radius 2 is 2.21 bits per heavy atom. The summed E-state index contributed by atoms with van der Waals surface area (Å²) in [7, 11) is 0. The third-order valence-corrected chi connectivity index (χ3v) is 5.39. The summed E-state index contributed by atoms with van der Waals surface area (Å²) in [4.78, 5) is 24.4. The maximum atomic E-state index is 12.4. The molecule has 1 unspecified atom stereocenters. The lowest BCUT2D eigenvalue weighted by atomic mass is 9.90. The topological polar surface area (TPSA) is 59.0 Å². The molecule has 0 spiro atoms. The lowest BCUT2D eigenvalue weighted by Gasteiger charge is -2.28. The second kappa shape index (κ2) is 7.83. The quantitative estimate of drug-likeness (QED) is 0.607. The van der Waals surface area contributed by atoms with Gasteiger partial charge in [0.1, 0.15) is 0 Å². The Hall–Kier alpha value is -1.82. The first-order valence-corrected chi connectivity index (χ1v) is 9.38. The zero-order valence-corrected chi connectivity index (χ0v) is 14.7. The van der Waals surface area contributed by atoms with Gasteiger partial charge in [-0.05, 0) is 31.1 Å². The van der Waals surface area contributed by atoms with Crippen LogP contribution in [0.1, 0.15) is 38.2 Å². The van der Waals surface area contributed by atoms with Gasteiger partial charge in [-0.25, -0.2) is 5.01 Å². The van der Waals surface area contributed by atoms with Crippen LogP contribution in [0, 0.1) is 5.92 Å². The summed E-state index contributed by atoms with van der Waals surface area (Å²) >= 11 is 1.85. The molecular weight excluding hydrogens is 324 g/mol. The van der Waals surface area contributed by atoms with Gasteiger partial charge in [0, 0.05) is 36.3 Å². The van der Waals surface area contributed by atoms with Crippen LogP contribution >= 0.6 is 11.8 Å². The van der Waals surface area contributed by atoms with Crippen LogP contribution in [0.5, 0.6) is 0 Å². The van der Waals surface area contributed by atoms with Gasteiger partial charge in [-0.15, -0.1) is 11.8 Å². The summed E-state index contributed by atoms with van der Waals surface area (Å²) in [6, 6.07) is 8.32. The van der Waals surface area contributed by atoms with E-state index in [1.165, 1.54) is 17.4 Å². The van der Waals surface area contributed by atoms with Crippen molar-refractivity contribution >= 4 is 29.4 Å². The second-order valence-corrected chi connectivity index (χ2v) is 7.22. The molecule has 0 saturated carbocycles. The number of rotatable bonds is 5. The summed E-state index contributed by atoms with van der Waals surface area (Å²) in [5.41, 5.74) is 2.22. The lowest BCUT2D eigenvalue weighted by molar-refractivity contribution is -0.141. The molecule has 0 aliphatic carbocycles. The second-order valence-electron chi connectivity index (χ2n) is 6.08. The number of esters is 1. The molecule has 3 rings (SSSR count). The molecule has 128 valence electrons. The third kappa shape index (κ3) is 3.98. The first-order chi connectivity index (χ1) is 11.6. The Balaban J connectivity index is 1.70. The van der Waals surface area contributed by atoms with Crippen molar-refractivity contribution in [2.24, 2.45) is 11.0 Å². The number of carbonyl (C=O) groups excluding carboxylic acids is 2. The van der Waals surface area contributed by atoms with E-state index in [0.717, 1.165) is 30.7 Å². The Labute approximate surface area is 146 Å². The molecule has 1 aromatic rings. The van der Waals surface area contributed by atoms with Gasteiger partial charge >= 0.3 is 5.97 Å². The molecule has 0 bridgehead atoms. The van der Waals surface area contributed by atoms with Gasteiger partial charge in [0.25, 0.3) is 0 Å². The van der Waals surface area contributed by atoms with E-state index in [2.05, 4.69) is 12.1 Å². The van der Waals surface area contributed by atoms with Crippen molar-refractivity contribution in [1.82, 2.24) is 5.01 Å². The lowest BCUT2D eigenvalue weighted by Crippen LogP contribution is -2.37. The van der Waals surface area contributed by atoms with Crippen LogP contribution < -0.4 is 0 Å². The van der Waals surface area contributed by atoms with Crippen LogP contribution in [-0.4, -0.2) is 41.5 Å². The summed E-state index contributed by atoms with van der Waals surface area (Å²) in [6.45, 7) is 2.38. The standard InChI is InChI=1S/C18H22N2O3S/c1-13(21)23-10-5-4-9-20-17(22)12-14-8-11-24-16-7-3-2-6-15(16)18(14)19-20/h2-3,6-7,14H,4-5,8-12H2,1H3. The Kier molecular flexibility index (Phi) is 5.56. The first kappa shape index (κ1) is 17.0. The number of carbonyl (C=O) groups is 2. The van der Waals surface area contributed by atoms with Crippen molar-refractivity contribution in [3.05, 3.63) is 29.8 Å². The predicted molar refractivity (Wildman–Crippen MR) is 94.0 cm³/mol. The highest BCUT2D eigenvalue weighted by Crippen LogP contribution is 2.35. The minimum atomic E-state index is -0.264. The zero-order valence-electron chi connectivity index (χ0n) is 13.9. The fraction of sp³-hybridized carbons (Fsp3) is 0.500. The highest BCUT2D eigenvalue weighted by Gasteiger charge is 2.32. The summed E-state index contributed by atoms with van der Waals surface area (Å²) in [5.74, 6) is 1.09. The summed E-state index contributed by atoms with van der Waals surface area (Å²) < 4.78 is 4.93. The summed E-state index contributed by atoms with van der Waals surface area (Å²) in [6.07, 6.45) is 3.04. The number of hydrogen-bond donors (Lipinski definition) is 0. The Morgan fingerprint density at radius 1 is 1.38 bits per heavy atom. The number of thioether (sulfide) groups is 1. The van der Waals surface area contributed by atoms with Crippen molar-refractivity contribution < 1.29 is 14.3 Å². The van der Waals surface area contributed by atoms with Crippen molar-refractivity contribution in [3.8, 4) is 0 Å². The molecule has 0 saturated heterocycles. The molecule has 1 amide bonds. The molecule has 5 nitrogen and oxygen atoms in total. The number of hydrogen-bond acceptors (Lipinski definition) is 5. The largest absolute Gasteiger partial charge is 0.466 e. The maximum Gasteiger partial charge on any atom is 0.302 e. The van der Waals surface area contributed by atoms with Crippen molar-refractivity contribution in [3.63, 3.8) is 0 Å². The van der Waals surface area contributed by atoms with Gasteiger partial charge in [-0.1, -0.05) is 18.2 Å². The fourth-order valence-corrected chi connectivity index (χ4v) is 4.19. The average molecular weight is 346 g/mol. The fourth-order valence-electron chi connectivity index (χ4n) is 3.06. The SMILES string of the molecule is CC(=O)OCCCCN1N=C2c3ccccc3SCCC2CC1=O. The summed E-state index contributed by atoms with van der Waals surface area (Å²) in [5, 5.41) is 6.30. The number of benzene rings is 1. The monoisotopic (exact) mass is 346 g/mol. The molecule has 1 atom stereocenters. The normalized spacial score (nSPS) is 19.9.